The van der Waals surface area contributed by atoms with Crippen LogP contribution in [0.5, 0.6) is 5.75 Å². The lowest BCUT2D eigenvalue weighted by molar-refractivity contribution is 0.0750. The fraction of sp³-hybridized carbons (Fsp3) is 0.417. The van der Waals surface area contributed by atoms with Crippen LogP contribution in [0.25, 0.3) is 0 Å². The van der Waals surface area contributed by atoms with Crippen molar-refractivity contribution in [2.75, 3.05) is 11.9 Å². The number of halogens is 2. The van der Waals surface area contributed by atoms with Gasteiger partial charge in [0.1, 0.15) is 5.75 Å². The molecule has 2 rings (SSSR count). The molecule has 0 bridgehead atoms. The summed E-state index contributed by atoms with van der Waals surface area (Å²) in [5.41, 5.74) is 0.528. The van der Waals surface area contributed by atoms with E-state index in [0.29, 0.717) is 5.56 Å². The van der Waals surface area contributed by atoms with Crippen LogP contribution in [0.1, 0.15) is 23.2 Å². The monoisotopic (exact) mass is 317 g/mol. The van der Waals surface area contributed by atoms with Crippen LogP contribution in [0.15, 0.2) is 18.2 Å². The van der Waals surface area contributed by atoms with Gasteiger partial charge in [-0.3, -0.25) is 4.79 Å². The molecule has 1 heterocycles. The summed E-state index contributed by atoms with van der Waals surface area (Å²) < 4.78 is 0. The van der Waals surface area contributed by atoms with E-state index in [1.54, 1.807) is 6.07 Å². The van der Waals surface area contributed by atoms with Crippen LogP contribution in [0.4, 0.5) is 0 Å². The molecule has 0 saturated carbocycles. The molecular weight excluding hydrogens is 305 g/mol. The van der Waals surface area contributed by atoms with Gasteiger partial charge in [0.2, 0.25) is 0 Å². The van der Waals surface area contributed by atoms with Gasteiger partial charge in [-0.1, -0.05) is 27.5 Å². The number of nitrogens with zero attached hydrogens (tertiary/aromatic N) is 1. The number of alkyl halides is 1. The van der Waals surface area contributed by atoms with Crippen molar-refractivity contribution in [3.8, 4) is 5.75 Å². The normalized spacial score (nSPS) is 19.6. The molecule has 0 spiro atoms. The molecule has 5 heteroatoms. The largest absolute Gasteiger partial charge is 0.506 e. The van der Waals surface area contributed by atoms with Gasteiger partial charge >= 0.3 is 0 Å². The van der Waals surface area contributed by atoms with Crippen LogP contribution in [-0.2, 0) is 0 Å². The maximum Gasteiger partial charge on any atom is 0.254 e. The number of amides is 1. The van der Waals surface area contributed by atoms with E-state index in [0.717, 1.165) is 24.7 Å². The number of hydrogen-bond acceptors (Lipinski definition) is 2. The first-order valence-electron chi connectivity index (χ1n) is 5.49. The Labute approximate surface area is 114 Å². The Morgan fingerprint density at radius 1 is 1.59 bits per heavy atom. The van der Waals surface area contributed by atoms with Crippen LogP contribution >= 0.6 is 27.5 Å². The zero-order chi connectivity index (χ0) is 12.4. The van der Waals surface area contributed by atoms with Crippen molar-refractivity contribution in [2.24, 2.45) is 0 Å². The zero-order valence-electron chi connectivity index (χ0n) is 9.20. The summed E-state index contributed by atoms with van der Waals surface area (Å²) in [6.07, 6.45) is 2.07. The first-order chi connectivity index (χ1) is 8.13. The van der Waals surface area contributed by atoms with Crippen molar-refractivity contribution >= 4 is 33.4 Å². The van der Waals surface area contributed by atoms with Crippen molar-refractivity contribution in [1.82, 2.24) is 4.90 Å². The van der Waals surface area contributed by atoms with Crippen LogP contribution in [-0.4, -0.2) is 33.8 Å². The molecule has 1 aliphatic rings. The third-order valence-corrected chi connectivity index (χ3v) is 4.06. The fourth-order valence-electron chi connectivity index (χ4n) is 2.07. The highest BCUT2D eigenvalue weighted by Gasteiger charge is 2.28. The molecule has 1 saturated heterocycles. The van der Waals surface area contributed by atoms with Gasteiger partial charge in [-0.25, -0.2) is 0 Å². The highest BCUT2D eigenvalue weighted by atomic mass is 79.9. The minimum Gasteiger partial charge on any atom is -0.506 e. The van der Waals surface area contributed by atoms with Crippen molar-refractivity contribution in [2.45, 2.75) is 18.9 Å². The number of carbonyl (C=O) groups is 1. The molecule has 1 aliphatic heterocycles. The second-order valence-corrected chi connectivity index (χ2v) is 5.17. The Hall–Kier alpha value is -0.740. The summed E-state index contributed by atoms with van der Waals surface area (Å²) in [5, 5.41) is 10.3. The molecular formula is C12H13BrClNO2. The number of hydrogen-bond donors (Lipinski definition) is 1. The fourth-order valence-corrected chi connectivity index (χ4v) is 2.92. The molecule has 1 amide bonds. The Bertz CT molecular complexity index is 439. The first kappa shape index (κ1) is 12.7. The van der Waals surface area contributed by atoms with Crippen LogP contribution in [0, 0.1) is 0 Å². The highest BCUT2D eigenvalue weighted by molar-refractivity contribution is 9.09. The molecule has 1 atom stereocenters. The quantitative estimate of drug-likeness (QED) is 0.852. The number of phenols is 1. The van der Waals surface area contributed by atoms with Gasteiger partial charge in [-0.2, -0.15) is 0 Å². The van der Waals surface area contributed by atoms with Crippen molar-refractivity contribution < 1.29 is 9.90 Å². The second kappa shape index (κ2) is 5.27. The van der Waals surface area contributed by atoms with Crippen LogP contribution in [0.2, 0.25) is 5.02 Å². The average molecular weight is 319 g/mol. The molecule has 0 aromatic heterocycles. The lowest BCUT2D eigenvalue weighted by atomic mass is 10.1. The van der Waals surface area contributed by atoms with Gasteiger partial charge in [-0.05, 0) is 31.0 Å². The average Bonchev–Trinajstić information content (AvgIpc) is 2.80. The lowest BCUT2D eigenvalue weighted by Gasteiger charge is -2.23. The topological polar surface area (TPSA) is 40.5 Å². The smallest absolute Gasteiger partial charge is 0.254 e. The molecule has 1 aromatic rings. The number of benzene rings is 1. The van der Waals surface area contributed by atoms with Gasteiger partial charge in [0.15, 0.2) is 0 Å². The van der Waals surface area contributed by atoms with Crippen molar-refractivity contribution in [1.29, 1.82) is 0 Å². The van der Waals surface area contributed by atoms with E-state index in [9.17, 15) is 9.90 Å². The van der Waals surface area contributed by atoms with Crippen molar-refractivity contribution in [3.63, 3.8) is 0 Å². The van der Waals surface area contributed by atoms with Crippen LogP contribution in [0.3, 0.4) is 0 Å². The standard InChI is InChI=1S/C12H13BrClNO2/c13-7-9-2-1-5-15(9)12(17)8-3-4-11(16)10(14)6-8/h3-4,6,9,16H,1-2,5,7H2. The Kier molecular flexibility index (Phi) is 3.94. The van der Waals surface area contributed by atoms with E-state index in [1.807, 2.05) is 4.90 Å². The third kappa shape index (κ3) is 2.58. The van der Waals surface area contributed by atoms with Crippen molar-refractivity contribution in [3.05, 3.63) is 28.8 Å². The summed E-state index contributed by atoms with van der Waals surface area (Å²) in [6, 6.07) is 4.83. The third-order valence-electron chi connectivity index (χ3n) is 3.01. The molecule has 3 nitrogen and oxygen atoms in total. The highest BCUT2D eigenvalue weighted by Crippen LogP contribution is 2.26. The van der Waals surface area contributed by atoms with E-state index in [4.69, 9.17) is 11.6 Å². The molecule has 0 aliphatic carbocycles. The van der Waals surface area contributed by atoms with E-state index in [-0.39, 0.29) is 22.7 Å². The lowest BCUT2D eigenvalue weighted by Crippen LogP contribution is -2.36. The van der Waals surface area contributed by atoms with Gasteiger partial charge in [0.05, 0.1) is 5.02 Å². The number of rotatable bonds is 2. The molecule has 92 valence electrons. The second-order valence-electron chi connectivity index (χ2n) is 4.12. The van der Waals surface area contributed by atoms with E-state index in [1.165, 1.54) is 12.1 Å². The molecule has 0 radical (unpaired) electrons. The zero-order valence-corrected chi connectivity index (χ0v) is 11.5. The van der Waals surface area contributed by atoms with E-state index >= 15 is 0 Å². The number of likely N-dealkylation sites (tertiary alicyclic amines) is 1. The van der Waals surface area contributed by atoms with E-state index < -0.39 is 0 Å². The predicted molar refractivity (Wildman–Crippen MR) is 71.0 cm³/mol. The summed E-state index contributed by atoms with van der Waals surface area (Å²) in [7, 11) is 0. The molecule has 1 unspecified atom stereocenters. The van der Waals surface area contributed by atoms with Crippen LogP contribution < -0.4 is 0 Å². The SMILES string of the molecule is O=C(c1ccc(O)c(Cl)c1)N1CCCC1CBr. The Balaban J connectivity index is 2.21. The van der Waals surface area contributed by atoms with Gasteiger partial charge < -0.3 is 10.0 Å². The molecule has 1 fully saturated rings. The number of phenolic OH excluding ortho intramolecular Hbond substituents is 1. The molecule has 17 heavy (non-hydrogen) atoms. The van der Waals surface area contributed by atoms with Gasteiger partial charge in [-0.15, -0.1) is 0 Å². The Morgan fingerprint density at radius 2 is 2.35 bits per heavy atom. The maximum atomic E-state index is 12.2. The van der Waals surface area contributed by atoms with Gasteiger partial charge in [0.25, 0.3) is 5.91 Å². The molecule has 1 N–H and O–H groups in total. The summed E-state index contributed by atoms with van der Waals surface area (Å²) >= 11 is 9.23. The summed E-state index contributed by atoms with van der Waals surface area (Å²) in [6.45, 7) is 0.785. The minimum absolute atomic E-state index is 0.00156. The number of carbonyl (C=O) groups excluding carboxylic acids is 1. The van der Waals surface area contributed by atoms with E-state index in [2.05, 4.69) is 15.9 Å². The summed E-state index contributed by atoms with van der Waals surface area (Å²) in [4.78, 5) is 14.1. The number of aromatic hydroxyl groups is 1. The Morgan fingerprint density at radius 3 is 3.00 bits per heavy atom. The minimum atomic E-state index is -0.0196. The van der Waals surface area contributed by atoms with Gasteiger partial charge in [0, 0.05) is 23.5 Å². The predicted octanol–water partition coefficient (Wildman–Crippen LogP) is 3.05. The summed E-state index contributed by atoms with van der Waals surface area (Å²) in [5.74, 6) is -0.0180. The molecule has 1 aromatic carbocycles. The first-order valence-corrected chi connectivity index (χ1v) is 6.99. The maximum absolute atomic E-state index is 12.2.